The fourth-order valence-corrected chi connectivity index (χ4v) is 4.72. The van der Waals surface area contributed by atoms with Crippen LogP contribution >= 0.6 is 0 Å². The highest BCUT2D eigenvalue weighted by Gasteiger charge is 2.18. The van der Waals surface area contributed by atoms with Crippen molar-refractivity contribution in [3.8, 4) is 5.75 Å². The summed E-state index contributed by atoms with van der Waals surface area (Å²) in [7, 11) is -3.70. The SMILES string of the molecule is Cc1cccc(C(C)C)c1NC(=O)COc1ccc(S(=O)(=O)N[C@@H](C)c2ccccc2)cc1. The summed E-state index contributed by atoms with van der Waals surface area (Å²) < 4.78 is 33.6. The van der Waals surface area contributed by atoms with E-state index in [0.29, 0.717) is 5.75 Å². The van der Waals surface area contributed by atoms with Crippen molar-refractivity contribution < 1.29 is 17.9 Å². The summed E-state index contributed by atoms with van der Waals surface area (Å²) in [4.78, 5) is 12.6. The Kier molecular flexibility index (Phi) is 7.89. The molecule has 7 heteroatoms. The van der Waals surface area contributed by atoms with E-state index in [0.717, 1.165) is 22.4 Å². The molecule has 0 aliphatic carbocycles. The van der Waals surface area contributed by atoms with Crippen molar-refractivity contribution in [1.82, 2.24) is 4.72 Å². The maximum atomic E-state index is 12.7. The van der Waals surface area contributed by atoms with Crippen LogP contribution in [0.5, 0.6) is 5.75 Å². The Morgan fingerprint density at radius 2 is 1.58 bits per heavy atom. The van der Waals surface area contributed by atoms with E-state index in [2.05, 4.69) is 23.9 Å². The normalized spacial score (nSPS) is 12.4. The zero-order valence-corrected chi connectivity index (χ0v) is 20.1. The summed E-state index contributed by atoms with van der Waals surface area (Å²) in [5.41, 5.74) is 3.74. The highest BCUT2D eigenvalue weighted by atomic mass is 32.2. The lowest BCUT2D eigenvalue weighted by molar-refractivity contribution is -0.118. The van der Waals surface area contributed by atoms with Gasteiger partial charge in [-0.3, -0.25) is 4.79 Å². The summed E-state index contributed by atoms with van der Waals surface area (Å²) in [5.74, 6) is 0.407. The van der Waals surface area contributed by atoms with E-state index in [4.69, 9.17) is 4.74 Å². The van der Waals surface area contributed by atoms with Crippen LogP contribution in [0.25, 0.3) is 0 Å². The minimum atomic E-state index is -3.70. The van der Waals surface area contributed by atoms with E-state index in [1.807, 2.05) is 55.5 Å². The molecule has 2 N–H and O–H groups in total. The van der Waals surface area contributed by atoms with Crippen LogP contribution in [0.1, 0.15) is 49.4 Å². The monoisotopic (exact) mass is 466 g/mol. The number of carbonyl (C=O) groups is 1. The minimum absolute atomic E-state index is 0.128. The number of ether oxygens (including phenoxy) is 1. The van der Waals surface area contributed by atoms with Crippen LogP contribution in [0.4, 0.5) is 5.69 Å². The van der Waals surface area contributed by atoms with Gasteiger partial charge in [0.05, 0.1) is 4.90 Å². The van der Waals surface area contributed by atoms with Crippen molar-refractivity contribution in [3.63, 3.8) is 0 Å². The van der Waals surface area contributed by atoms with Crippen LogP contribution < -0.4 is 14.8 Å². The minimum Gasteiger partial charge on any atom is -0.484 e. The molecule has 0 bridgehead atoms. The van der Waals surface area contributed by atoms with Gasteiger partial charge in [0.1, 0.15) is 5.75 Å². The molecule has 3 aromatic carbocycles. The average molecular weight is 467 g/mol. The maximum absolute atomic E-state index is 12.7. The van der Waals surface area contributed by atoms with Gasteiger partial charge in [-0.15, -0.1) is 0 Å². The fourth-order valence-electron chi connectivity index (χ4n) is 3.49. The van der Waals surface area contributed by atoms with Crippen LogP contribution in [-0.4, -0.2) is 20.9 Å². The molecule has 0 aliphatic rings. The number of hydrogen-bond donors (Lipinski definition) is 2. The van der Waals surface area contributed by atoms with E-state index in [1.54, 1.807) is 19.1 Å². The molecule has 0 radical (unpaired) electrons. The Morgan fingerprint density at radius 3 is 2.21 bits per heavy atom. The van der Waals surface area contributed by atoms with Gasteiger partial charge in [0.15, 0.2) is 6.61 Å². The average Bonchev–Trinajstić information content (AvgIpc) is 2.79. The van der Waals surface area contributed by atoms with Gasteiger partial charge in [-0.2, -0.15) is 0 Å². The summed E-state index contributed by atoms with van der Waals surface area (Å²) >= 11 is 0. The first-order valence-electron chi connectivity index (χ1n) is 10.9. The highest BCUT2D eigenvalue weighted by molar-refractivity contribution is 7.89. The number of sulfonamides is 1. The first-order chi connectivity index (χ1) is 15.7. The van der Waals surface area contributed by atoms with Gasteiger partial charge in [0.2, 0.25) is 10.0 Å². The molecule has 0 aromatic heterocycles. The Labute approximate surface area is 196 Å². The molecule has 0 heterocycles. The van der Waals surface area contributed by atoms with Crippen molar-refractivity contribution in [2.45, 2.75) is 44.6 Å². The van der Waals surface area contributed by atoms with Gasteiger partial charge in [0, 0.05) is 11.7 Å². The van der Waals surface area contributed by atoms with E-state index < -0.39 is 10.0 Å². The molecule has 6 nitrogen and oxygen atoms in total. The van der Waals surface area contributed by atoms with Crippen LogP contribution in [0.15, 0.2) is 77.7 Å². The molecule has 3 rings (SSSR count). The molecule has 3 aromatic rings. The molecular formula is C26H30N2O4S. The van der Waals surface area contributed by atoms with Crippen molar-refractivity contribution in [2.24, 2.45) is 0 Å². The predicted molar refractivity (Wildman–Crippen MR) is 131 cm³/mol. The van der Waals surface area contributed by atoms with Crippen LogP contribution in [0, 0.1) is 6.92 Å². The van der Waals surface area contributed by atoms with Crippen molar-refractivity contribution in [2.75, 3.05) is 11.9 Å². The molecule has 0 aliphatic heterocycles. The second kappa shape index (κ2) is 10.6. The van der Waals surface area contributed by atoms with Gasteiger partial charge in [-0.1, -0.05) is 62.4 Å². The van der Waals surface area contributed by atoms with E-state index >= 15 is 0 Å². The molecule has 174 valence electrons. The van der Waals surface area contributed by atoms with Crippen LogP contribution in [0.3, 0.4) is 0 Å². The number of benzene rings is 3. The number of amides is 1. The van der Waals surface area contributed by atoms with Crippen molar-refractivity contribution >= 4 is 21.6 Å². The highest BCUT2D eigenvalue weighted by Crippen LogP contribution is 2.27. The first kappa shape index (κ1) is 24.5. The number of carbonyl (C=O) groups excluding carboxylic acids is 1. The second-order valence-electron chi connectivity index (χ2n) is 8.26. The van der Waals surface area contributed by atoms with Crippen molar-refractivity contribution in [3.05, 3.63) is 89.5 Å². The molecule has 1 atom stereocenters. The van der Waals surface area contributed by atoms with Gasteiger partial charge >= 0.3 is 0 Å². The van der Waals surface area contributed by atoms with E-state index in [-0.39, 0.29) is 29.4 Å². The lowest BCUT2D eigenvalue weighted by Crippen LogP contribution is -2.26. The first-order valence-corrected chi connectivity index (χ1v) is 12.3. The predicted octanol–water partition coefficient (Wildman–Crippen LogP) is 5.18. The smallest absolute Gasteiger partial charge is 0.262 e. The maximum Gasteiger partial charge on any atom is 0.262 e. The number of hydrogen-bond acceptors (Lipinski definition) is 4. The number of aryl methyl sites for hydroxylation is 1. The lowest BCUT2D eigenvalue weighted by atomic mass is 9.98. The summed E-state index contributed by atoms with van der Waals surface area (Å²) in [6, 6.07) is 20.9. The van der Waals surface area contributed by atoms with Crippen molar-refractivity contribution in [1.29, 1.82) is 0 Å². The van der Waals surface area contributed by atoms with E-state index in [9.17, 15) is 13.2 Å². The Hall–Kier alpha value is -3.16. The molecule has 0 saturated carbocycles. The molecule has 0 fully saturated rings. The molecule has 0 unspecified atom stereocenters. The molecule has 0 saturated heterocycles. The third-order valence-electron chi connectivity index (χ3n) is 5.33. The number of rotatable bonds is 9. The summed E-state index contributed by atoms with van der Waals surface area (Å²) in [6.45, 7) is 7.72. The zero-order chi connectivity index (χ0) is 24.0. The van der Waals surface area contributed by atoms with Gasteiger partial charge < -0.3 is 10.1 Å². The number of anilines is 1. The number of para-hydroxylation sites is 1. The molecule has 33 heavy (non-hydrogen) atoms. The largest absolute Gasteiger partial charge is 0.484 e. The van der Waals surface area contributed by atoms with Gasteiger partial charge in [-0.25, -0.2) is 13.1 Å². The third-order valence-corrected chi connectivity index (χ3v) is 6.88. The third kappa shape index (κ3) is 6.43. The van der Waals surface area contributed by atoms with Gasteiger partial charge in [-0.05, 0) is 60.7 Å². The van der Waals surface area contributed by atoms with Crippen LogP contribution in [-0.2, 0) is 14.8 Å². The quantitative estimate of drug-likeness (QED) is 0.455. The lowest BCUT2D eigenvalue weighted by Gasteiger charge is -2.17. The number of nitrogens with one attached hydrogen (secondary N) is 2. The summed E-state index contributed by atoms with van der Waals surface area (Å²) in [5, 5.41) is 2.93. The Bertz CT molecular complexity index is 1190. The van der Waals surface area contributed by atoms with E-state index in [1.165, 1.54) is 12.1 Å². The molecular weight excluding hydrogens is 436 g/mol. The van der Waals surface area contributed by atoms with Gasteiger partial charge in [0.25, 0.3) is 5.91 Å². The van der Waals surface area contributed by atoms with Crippen LogP contribution in [0.2, 0.25) is 0 Å². The molecule has 1 amide bonds. The summed E-state index contributed by atoms with van der Waals surface area (Å²) in [6.07, 6.45) is 0. The standard InChI is InChI=1S/C26H30N2O4S/c1-18(2)24-12-8-9-19(3)26(24)27-25(29)17-32-22-13-15-23(16-14-22)33(30,31)28-20(4)21-10-6-5-7-11-21/h5-16,18,20,28H,17H2,1-4H3,(H,27,29)/t20-/m0/s1. The fraction of sp³-hybridized carbons (Fsp3) is 0.269. The Balaban J connectivity index is 1.60. The topological polar surface area (TPSA) is 84.5 Å². The second-order valence-corrected chi connectivity index (χ2v) is 9.97. The molecule has 0 spiro atoms. The Morgan fingerprint density at radius 1 is 0.909 bits per heavy atom. The zero-order valence-electron chi connectivity index (χ0n) is 19.3.